The average Bonchev–Trinajstić information content (AvgIpc) is 2.69. The third-order valence-corrected chi connectivity index (χ3v) is 4.37. The van der Waals surface area contributed by atoms with E-state index in [9.17, 15) is 14.7 Å². The maximum atomic E-state index is 12.2. The van der Waals surface area contributed by atoms with Gasteiger partial charge in [-0.05, 0) is 55.3 Å². The predicted molar refractivity (Wildman–Crippen MR) is 110 cm³/mol. The number of aliphatic hydroxyl groups is 1. The zero-order valence-corrected chi connectivity index (χ0v) is 16.4. The lowest BCUT2D eigenvalue weighted by Crippen LogP contribution is -2.23. The van der Waals surface area contributed by atoms with Gasteiger partial charge in [-0.1, -0.05) is 6.92 Å². The van der Waals surface area contributed by atoms with Crippen LogP contribution in [0, 0.1) is 5.41 Å². The molecule has 1 unspecified atom stereocenters. The molecule has 0 aliphatic rings. The number of ketones is 1. The Morgan fingerprint density at radius 1 is 1.24 bits per heavy atom. The van der Waals surface area contributed by atoms with Gasteiger partial charge in [-0.2, -0.15) is 0 Å². The van der Waals surface area contributed by atoms with Gasteiger partial charge >= 0.3 is 5.97 Å². The molecule has 0 bridgehead atoms. The first-order chi connectivity index (χ1) is 13.8. The van der Waals surface area contributed by atoms with E-state index < -0.39 is 12.0 Å². The van der Waals surface area contributed by atoms with E-state index in [0.29, 0.717) is 23.2 Å². The Kier molecular flexibility index (Phi) is 7.33. The number of aliphatic hydroxyl groups excluding tert-OH is 1. The largest absolute Gasteiger partial charge is 0.490 e. The normalized spacial score (nSPS) is 11.6. The van der Waals surface area contributed by atoms with Crippen LogP contribution in [0.1, 0.15) is 46.9 Å². The smallest absolute Gasteiger partial charge is 0.330 e. The number of hydrogen-bond donors (Lipinski definition) is 5. The van der Waals surface area contributed by atoms with Gasteiger partial charge in [-0.3, -0.25) is 10.2 Å². The van der Waals surface area contributed by atoms with E-state index in [2.05, 4.69) is 5.32 Å². The molecule has 0 spiro atoms. The van der Waals surface area contributed by atoms with E-state index in [1.807, 2.05) is 6.92 Å². The molecule has 2 aromatic rings. The zero-order valence-electron chi connectivity index (χ0n) is 16.4. The number of nitrogens with one attached hydrogen (secondary N) is 2. The van der Waals surface area contributed by atoms with Crippen LogP contribution in [0.5, 0.6) is 5.75 Å². The maximum Gasteiger partial charge on any atom is 0.330 e. The molecular weight excluding hydrogens is 374 g/mol. The first kappa shape index (κ1) is 21.9. The molecule has 0 saturated heterocycles. The summed E-state index contributed by atoms with van der Waals surface area (Å²) in [5.41, 5.74) is 7.83. The van der Waals surface area contributed by atoms with Crippen molar-refractivity contribution in [2.45, 2.75) is 26.3 Å². The number of nitrogen functional groups attached to an aromatic ring is 1. The lowest BCUT2D eigenvalue weighted by Gasteiger charge is -2.22. The van der Waals surface area contributed by atoms with E-state index in [4.69, 9.17) is 21.0 Å². The summed E-state index contributed by atoms with van der Waals surface area (Å²) >= 11 is 0. The van der Waals surface area contributed by atoms with Gasteiger partial charge in [-0.25, -0.2) is 4.79 Å². The van der Waals surface area contributed by atoms with Crippen LogP contribution in [0.3, 0.4) is 0 Å². The zero-order chi connectivity index (χ0) is 21.6. The summed E-state index contributed by atoms with van der Waals surface area (Å²) in [5, 5.41) is 29.4. The first-order valence-corrected chi connectivity index (χ1v) is 9.13. The predicted octanol–water partition coefficient (Wildman–Crippen LogP) is 2.34. The van der Waals surface area contributed by atoms with Crippen LogP contribution in [0.2, 0.25) is 0 Å². The second kappa shape index (κ2) is 9.70. The molecule has 0 radical (unpaired) electrons. The summed E-state index contributed by atoms with van der Waals surface area (Å²) in [7, 11) is 0. The summed E-state index contributed by atoms with van der Waals surface area (Å²) in [6.45, 7) is 2.94. The number of carbonyl (C=O) groups is 2. The topological polar surface area (TPSA) is 146 Å². The second-order valence-electron chi connectivity index (χ2n) is 6.45. The van der Waals surface area contributed by atoms with Gasteiger partial charge < -0.3 is 26.0 Å². The van der Waals surface area contributed by atoms with E-state index in [0.717, 1.165) is 5.56 Å². The number of amidine groups is 1. The molecule has 8 nitrogen and oxygen atoms in total. The van der Waals surface area contributed by atoms with Crippen LogP contribution in [0.25, 0.3) is 0 Å². The van der Waals surface area contributed by atoms with Crippen LogP contribution in [-0.4, -0.2) is 41.0 Å². The third kappa shape index (κ3) is 5.32. The summed E-state index contributed by atoms with van der Waals surface area (Å²) < 4.78 is 5.58. The van der Waals surface area contributed by atoms with Crippen LogP contribution in [0.4, 0.5) is 5.69 Å². The van der Waals surface area contributed by atoms with Crippen LogP contribution in [0.15, 0.2) is 36.4 Å². The number of anilines is 1. The second-order valence-corrected chi connectivity index (χ2v) is 6.45. The van der Waals surface area contributed by atoms with Crippen molar-refractivity contribution in [1.29, 1.82) is 5.41 Å². The van der Waals surface area contributed by atoms with Crippen molar-refractivity contribution in [2.75, 3.05) is 18.5 Å². The van der Waals surface area contributed by atoms with Gasteiger partial charge in [-0.15, -0.1) is 0 Å². The molecule has 6 N–H and O–H groups in total. The van der Waals surface area contributed by atoms with Gasteiger partial charge in [0.15, 0.2) is 11.8 Å². The molecule has 0 saturated carbocycles. The minimum Gasteiger partial charge on any atom is -0.490 e. The molecule has 0 aliphatic heterocycles. The number of hydrogen-bond acceptors (Lipinski definition) is 6. The molecule has 2 aromatic carbocycles. The molecule has 1 atom stereocenters. The van der Waals surface area contributed by atoms with E-state index in [-0.39, 0.29) is 36.1 Å². The Hall–Kier alpha value is -3.39. The van der Waals surface area contributed by atoms with Gasteiger partial charge in [0.1, 0.15) is 18.2 Å². The minimum atomic E-state index is -1.20. The van der Waals surface area contributed by atoms with Crippen molar-refractivity contribution < 1.29 is 24.5 Å². The Morgan fingerprint density at radius 2 is 1.90 bits per heavy atom. The molecule has 0 heterocycles. The average molecular weight is 399 g/mol. The number of carboxylic acids is 1. The highest BCUT2D eigenvalue weighted by atomic mass is 16.5. The molecule has 2 rings (SSSR count). The number of benzene rings is 2. The number of Topliss-reactive ketones (excluding diaryl/α,β-unsaturated/α-hetero) is 1. The quantitative estimate of drug-likeness (QED) is 0.234. The lowest BCUT2D eigenvalue weighted by atomic mass is 9.95. The first-order valence-electron chi connectivity index (χ1n) is 9.13. The standard InChI is InChI=1S/C21H25N3O5/c1-3-13-10-16(12(2)26)19(29-9-8-25)17(11-13)18(21(27)28)24-15-6-4-14(5-7-15)20(22)23/h4-7,10-11,18,24-25H,3,8-9H2,1-2H3,(H3,22,23)(H,27,28). The molecule has 154 valence electrons. The number of aliphatic carboxylic acids is 1. The van der Waals surface area contributed by atoms with E-state index in [1.54, 1.807) is 36.4 Å². The number of aryl methyl sites for hydroxylation is 1. The summed E-state index contributed by atoms with van der Waals surface area (Å²) in [6.07, 6.45) is 0.604. The fraction of sp³-hybridized carbons (Fsp3) is 0.286. The molecule has 0 fully saturated rings. The van der Waals surface area contributed by atoms with E-state index >= 15 is 0 Å². The third-order valence-electron chi connectivity index (χ3n) is 4.37. The van der Waals surface area contributed by atoms with Gasteiger partial charge in [0, 0.05) is 16.8 Å². The highest BCUT2D eigenvalue weighted by Gasteiger charge is 2.27. The Labute approximate surface area is 168 Å². The van der Waals surface area contributed by atoms with Crippen molar-refractivity contribution in [2.24, 2.45) is 5.73 Å². The number of carbonyl (C=O) groups excluding carboxylic acids is 1. The van der Waals surface area contributed by atoms with Crippen molar-refractivity contribution >= 4 is 23.3 Å². The van der Waals surface area contributed by atoms with Gasteiger partial charge in [0.2, 0.25) is 0 Å². The van der Waals surface area contributed by atoms with Crippen molar-refractivity contribution in [1.82, 2.24) is 0 Å². The summed E-state index contributed by atoms with van der Waals surface area (Å²) in [4.78, 5) is 24.2. The number of ether oxygens (including phenoxy) is 1. The van der Waals surface area contributed by atoms with Crippen LogP contribution < -0.4 is 15.8 Å². The summed E-state index contributed by atoms with van der Waals surface area (Å²) in [5.74, 6) is -1.36. The fourth-order valence-corrected chi connectivity index (χ4v) is 2.89. The molecular formula is C21H25N3O5. The van der Waals surface area contributed by atoms with Gasteiger partial charge in [0.25, 0.3) is 0 Å². The molecule has 8 heteroatoms. The lowest BCUT2D eigenvalue weighted by molar-refractivity contribution is -0.138. The summed E-state index contributed by atoms with van der Waals surface area (Å²) in [6, 6.07) is 8.63. The number of rotatable bonds is 10. The van der Waals surface area contributed by atoms with Crippen molar-refractivity contribution in [3.05, 3.63) is 58.7 Å². The van der Waals surface area contributed by atoms with Crippen LogP contribution in [-0.2, 0) is 11.2 Å². The van der Waals surface area contributed by atoms with Crippen molar-refractivity contribution in [3.8, 4) is 5.75 Å². The molecule has 0 amide bonds. The monoisotopic (exact) mass is 399 g/mol. The number of carboxylic acid groups (broad SMARTS) is 1. The van der Waals surface area contributed by atoms with Crippen molar-refractivity contribution in [3.63, 3.8) is 0 Å². The fourth-order valence-electron chi connectivity index (χ4n) is 2.89. The molecule has 0 aliphatic carbocycles. The van der Waals surface area contributed by atoms with Gasteiger partial charge in [0.05, 0.1) is 12.2 Å². The number of nitrogens with two attached hydrogens (primary N) is 1. The minimum absolute atomic E-state index is 0.0710. The maximum absolute atomic E-state index is 12.2. The molecule has 29 heavy (non-hydrogen) atoms. The Bertz CT molecular complexity index is 909. The Morgan fingerprint density at radius 3 is 2.38 bits per heavy atom. The highest BCUT2D eigenvalue weighted by Crippen LogP contribution is 2.34. The van der Waals surface area contributed by atoms with Crippen LogP contribution >= 0.6 is 0 Å². The van der Waals surface area contributed by atoms with E-state index in [1.165, 1.54) is 6.92 Å². The molecule has 0 aromatic heterocycles. The highest BCUT2D eigenvalue weighted by molar-refractivity contribution is 5.98. The SMILES string of the molecule is CCc1cc(C(C)=O)c(OCCO)c(C(Nc2ccc(C(=N)N)cc2)C(=O)O)c1. The Balaban J connectivity index is 2.54.